The Kier molecular flexibility index (Phi) is 5.84. The Bertz CT molecular complexity index is 1190. The predicted octanol–water partition coefficient (Wildman–Crippen LogP) is 5.00. The van der Waals surface area contributed by atoms with E-state index in [-0.39, 0.29) is 23.8 Å². The molecule has 5 rings (SSSR count). The summed E-state index contributed by atoms with van der Waals surface area (Å²) in [4.78, 5) is 6.63. The van der Waals surface area contributed by atoms with Crippen molar-refractivity contribution in [3.8, 4) is 11.8 Å². The van der Waals surface area contributed by atoms with Gasteiger partial charge in [-0.05, 0) is 69.2 Å². The molecule has 1 aliphatic carbocycles. The molecule has 3 aromatic rings. The average molecular weight is 492 g/mol. The lowest BCUT2D eigenvalue weighted by Crippen LogP contribution is -2.48. The standard InChI is InChI=1S/C23H28F3N7O2/c1-12(2)33-21(35-18-8-13(3)7-17(9-18)23(24,25)26)28-20(31-33)27-19-15-5-6-16(19)11-32(10-15)22-30-29-14(4)34-22/h7-9,12,15-16,19H,5-6,10-11H2,1-4H3,(H,27,31)/t15-,16+,19-. The molecular formula is C23H28F3N7O2. The maximum Gasteiger partial charge on any atom is 0.416 e. The van der Waals surface area contributed by atoms with Gasteiger partial charge in [0.1, 0.15) is 5.75 Å². The normalized spacial score (nSPS) is 22.2. The highest BCUT2D eigenvalue weighted by Gasteiger charge is 2.44. The smallest absolute Gasteiger partial charge is 0.416 e. The maximum absolute atomic E-state index is 13.3. The molecule has 35 heavy (non-hydrogen) atoms. The molecule has 9 nitrogen and oxygen atoms in total. The number of anilines is 2. The summed E-state index contributed by atoms with van der Waals surface area (Å²) in [7, 11) is 0. The topological polar surface area (TPSA) is 94.1 Å². The SMILES string of the molecule is Cc1cc(Oc2nc(N[C@@H]3[C@@H]4CC[C@H]3CN(c3nnc(C)o3)C4)nn2C(C)C)cc(C(F)(F)F)c1. The predicted molar refractivity (Wildman–Crippen MR) is 122 cm³/mol. The number of benzene rings is 1. The van der Waals surface area contributed by atoms with Crippen molar-refractivity contribution in [1.29, 1.82) is 0 Å². The second-order valence-electron chi connectivity index (χ2n) is 9.67. The minimum Gasteiger partial charge on any atom is -0.424 e. The van der Waals surface area contributed by atoms with E-state index in [1.165, 1.54) is 0 Å². The van der Waals surface area contributed by atoms with Gasteiger partial charge >= 0.3 is 18.2 Å². The van der Waals surface area contributed by atoms with Crippen LogP contribution >= 0.6 is 0 Å². The molecule has 1 saturated carbocycles. The van der Waals surface area contributed by atoms with Crippen LogP contribution in [0.15, 0.2) is 22.6 Å². The summed E-state index contributed by atoms with van der Waals surface area (Å²) in [6, 6.07) is 4.39. The summed E-state index contributed by atoms with van der Waals surface area (Å²) in [5.74, 6) is 1.71. The van der Waals surface area contributed by atoms with Crippen LogP contribution in [-0.2, 0) is 6.18 Å². The Morgan fingerprint density at radius 1 is 1.09 bits per heavy atom. The number of aromatic nitrogens is 5. The van der Waals surface area contributed by atoms with Crippen molar-refractivity contribution in [2.45, 2.75) is 58.8 Å². The second-order valence-corrected chi connectivity index (χ2v) is 9.67. The lowest BCUT2D eigenvalue weighted by molar-refractivity contribution is -0.137. The van der Waals surface area contributed by atoms with Crippen LogP contribution in [0.5, 0.6) is 11.8 Å². The van der Waals surface area contributed by atoms with Gasteiger partial charge in [0.15, 0.2) is 0 Å². The zero-order valence-electron chi connectivity index (χ0n) is 20.0. The molecule has 0 amide bonds. The Labute approximate surface area is 200 Å². The van der Waals surface area contributed by atoms with Crippen LogP contribution in [0.1, 0.15) is 49.7 Å². The summed E-state index contributed by atoms with van der Waals surface area (Å²) in [5.41, 5.74) is -0.315. The molecule has 1 aliphatic heterocycles. The molecule has 1 N–H and O–H groups in total. The van der Waals surface area contributed by atoms with Gasteiger partial charge in [0.05, 0.1) is 11.6 Å². The number of nitrogens with zero attached hydrogens (tertiary/aromatic N) is 6. The second kappa shape index (κ2) is 8.72. The number of alkyl halides is 3. The Morgan fingerprint density at radius 3 is 2.40 bits per heavy atom. The summed E-state index contributed by atoms with van der Waals surface area (Å²) < 4.78 is 52.8. The lowest BCUT2D eigenvalue weighted by atomic mass is 9.92. The van der Waals surface area contributed by atoms with Crippen molar-refractivity contribution in [3.63, 3.8) is 0 Å². The average Bonchev–Trinajstić information content (AvgIpc) is 3.43. The quantitative estimate of drug-likeness (QED) is 0.515. The van der Waals surface area contributed by atoms with Crippen molar-refractivity contribution in [3.05, 3.63) is 35.2 Å². The summed E-state index contributed by atoms with van der Waals surface area (Å²) in [6.07, 6.45) is -2.34. The number of halogens is 3. The zero-order valence-corrected chi connectivity index (χ0v) is 20.0. The number of hydrogen-bond acceptors (Lipinski definition) is 8. The molecule has 0 spiro atoms. The van der Waals surface area contributed by atoms with Crippen LogP contribution in [0.3, 0.4) is 0 Å². The number of aryl methyl sites for hydroxylation is 2. The molecule has 1 saturated heterocycles. The number of ether oxygens (including phenoxy) is 1. The third kappa shape index (κ3) is 4.78. The third-order valence-corrected chi connectivity index (χ3v) is 6.59. The van der Waals surface area contributed by atoms with E-state index in [9.17, 15) is 13.2 Å². The van der Waals surface area contributed by atoms with Crippen molar-refractivity contribution in [1.82, 2.24) is 25.0 Å². The number of nitrogens with one attached hydrogen (secondary N) is 1. The van der Waals surface area contributed by atoms with Gasteiger partial charge in [-0.3, -0.25) is 0 Å². The van der Waals surface area contributed by atoms with Crippen molar-refractivity contribution >= 4 is 12.0 Å². The molecule has 2 aromatic heterocycles. The highest BCUT2D eigenvalue weighted by molar-refractivity contribution is 5.38. The summed E-state index contributed by atoms with van der Waals surface area (Å²) in [6.45, 7) is 8.77. The van der Waals surface area contributed by atoms with Gasteiger partial charge in [-0.15, -0.1) is 10.2 Å². The molecule has 12 heteroatoms. The van der Waals surface area contributed by atoms with E-state index in [1.807, 2.05) is 13.8 Å². The van der Waals surface area contributed by atoms with E-state index in [0.717, 1.165) is 38.1 Å². The largest absolute Gasteiger partial charge is 0.424 e. The number of rotatable bonds is 6. The van der Waals surface area contributed by atoms with Gasteiger partial charge in [-0.25, -0.2) is 4.68 Å². The van der Waals surface area contributed by atoms with E-state index in [2.05, 4.69) is 30.5 Å². The van der Waals surface area contributed by atoms with Crippen LogP contribution in [0, 0.1) is 25.7 Å². The first-order valence-corrected chi connectivity index (χ1v) is 11.7. The van der Waals surface area contributed by atoms with Crippen LogP contribution < -0.4 is 15.0 Å². The fourth-order valence-electron chi connectivity index (χ4n) is 5.03. The molecule has 3 heterocycles. The summed E-state index contributed by atoms with van der Waals surface area (Å²) in [5, 5.41) is 16.1. The molecular weight excluding hydrogens is 463 g/mol. The van der Waals surface area contributed by atoms with Crippen LogP contribution in [0.25, 0.3) is 0 Å². The van der Waals surface area contributed by atoms with Crippen LogP contribution in [0.2, 0.25) is 0 Å². The van der Waals surface area contributed by atoms with Crippen molar-refractivity contribution in [2.24, 2.45) is 11.8 Å². The Morgan fingerprint density at radius 2 is 1.80 bits per heavy atom. The molecule has 2 aliphatic rings. The monoisotopic (exact) mass is 491 g/mol. The Hall–Kier alpha value is -3.31. The first-order valence-electron chi connectivity index (χ1n) is 11.7. The van der Waals surface area contributed by atoms with Gasteiger partial charge in [-0.2, -0.15) is 18.2 Å². The molecule has 0 unspecified atom stereocenters. The number of piperidine rings is 1. The molecule has 1 aromatic carbocycles. The van der Waals surface area contributed by atoms with Crippen LogP contribution in [-0.4, -0.2) is 44.1 Å². The third-order valence-electron chi connectivity index (χ3n) is 6.59. The molecule has 3 atom stereocenters. The lowest BCUT2D eigenvalue weighted by Gasteiger charge is -2.37. The van der Waals surface area contributed by atoms with E-state index in [0.29, 0.717) is 35.3 Å². The molecule has 2 bridgehead atoms. The fraction of sp³-hybridized carbons (Fsp3) is 0.565. The van der Waals surface area contributed by atoms with Gasteiger partial charge in [0.25, 0.3) is 0 Å². The molecule has 2 fully saturated rings. The van der Waals surface area contributed by atoms with E-state index < -0.39 is 11.7 Å². The summed E-state index contributed by atoms with van der Waals surface area (Å²) >= 11 is 0. The van der Waals surface area contributed by atoms with E-state index >= 15 is 0 Å². The van der Waals surface area contributed by atoms with Gasteiger partial charge in [0.2, 0.25) is 11.8 Å². The van der Waals surface area contributed by atoms with Gasteiger partial charge < -0.3 is 19.4 Å². The minimum absolute atomic E-state index is 0.0707. The first-order chi connectivity index (χ1) is 16.6. The highest BCUT2D eigenvalue weighted by Crippen LogP contribution is 2.40. The van der Waals surface area contributed by atoms with Gasteiger partial charge in [0, 0.05) is 26.1 Å². The Balaban J connectivity index is 1.34. The first kappa shape index (κ1) is 23.4. The van der Waals surface area contributed by atoms with Crippen molar-refractivity contribution in [2.75, 3.05) is 23.3 Å². The van der Waals surface area contributed by atoms with Crippen LogP contribution in [0.4, 0.5) is 25.1 Å². The molecule has 0 radical (unpaired) electrons. The fourth-order valence-corrected chi connectivity index (χ4v) is 5.03. The number of hydrogen-bond donors (Lipinski definition) is 1. The van der Waals surface area contributed by atoms with E-state index in [1.54, 1.807) is 24.6 Å². The minimum atomic E-state index is -4.46. The van der Waals surface area contributed by atoms with E-state index in [4.69, 9.17) is 9.15 Å². The van der Waals surface area contributed by atoms with Crippen molar-refractivity contribution < 1.29 is 22.3 Å². The zero-order chi connectivity index (χ0) is 24.9. The molecule has 188 valence electrons. The highest BCUT2D eigenvalue weighted by atomic mass is 19.4. The van der Waals surface area contributed by atoms with Gasteiger partial charge in [-0.1, -0.05) is 5.10 Å². The number of fused-ring (bicyclic) bond motifs is 2. The maximum atomic E-state index is 13.3.